The first-order valence-electron chi connectivity index (χ1n) is 6.26. The van der Waals surface area contributed by atoms with Gasteiger partial charge in [-0.05, 0) is 31.2 Å². The highest BCUT2D eigenvalue weighted by atomic mass is 16.1. The molecule has 0 fully saturated rings. The number of pyridine rings is 2. The SMILES string of the molecule is C=C(C)C(=O)Nc1cc2cccnc2c2ncccc12. The van der Waals surface area contributed by atoms with E-state index in [0.717, 1.165) is 27.5 Å². The number of nitrogens with zero attached hydrogens (tertiary/aromatic N) is 2. The van der Waals surface area contributed by atoms with Crippen LogP contribution < -0.4 is 5.32 Å². The lowest BCUT2D eigenvalue weighted by Gasteiger charge is -2.10. The monoisotopic (exact) mass is 263 g/mol. The van der Waals surface area contributed by atoms with E-state index < -0.39 is 0 Å². The molecule has 20 heavy (non-hydrogen) atoms. The summed E-state index contributed by atoms with van der Waals surface area (Å²) in [6.45, 7) is 5.33. The Bertz CT molecular complexity index is 839. The fraction of sp³-hybridized carbons (Fsp3) is 0.0625. The fourth-order valence-corrected chi connectivity index (χ4v) is 2.11. The van der Waals surface area contributed by atoms with Crippen molar-refractivity contribution < 1.29 is 4.79 Å². The maximum absolute atomic E-state index is 11.8. The van der Waals surface area contributed by atoms with Gasteiger partial charge in [-0.1, -0.05) is 12.6 Å². The van der Waals surface area contributed by atoms with Crippen molar-refractivity contribution in [3.63, 3.8) is 0 Å². The first-order valence-corrected chi connectivity index (χ1v) is 6.26. The second-order valence-corrected chi connectivity index (χ2v) is 4.63. The van der Waals surface area contributed by atoms with Crippen molar-refractivity contribution in [3.05, 3.63) is 54.9 Å². The molecule has 0 spiro atoms. The summed E-state index contributed by atoms with van der Waals surface area (Å²) < 4.78 is 0. The van der Waals surface area contributed by atoms with E-state index in [4.69, 9.17) is 0 Å². The van der Waals surface area contributed by atoms with Gasteiger partial charge >= 0.3 is 0 Å². The van der Waals surface area contributed by atoms with E-state index in [-0.39, 0.29) is 5.91 Å². The number of aromatic nitrogens is 2. The molecular weight excluding hydrogens is 250 g/mol. The van der Waals surface area contributed by atoms with Crippen LogP contribution >= 0.6 is 0 Å². The summed E-state index contributed by atoms with van der Waals surface area (Å²) in [6.07, 6.45) is 3.46. The van der Waals surface area contributed by atoms with Crippen LogP contribution in [0.3, 0.4) is 0 Å². The van der Waals surface area contributed by atoms with Crippen molar-refractivity contribution in [2.75, 3.05) is 5.32 Å². The average Bonchev–Trinajstić information content (AvgIpc) is 2.47. The van der Waals surface area contributed by atoms with E-state index in [0.29, 0.717) is 5.57 Å². The standard InChI is InChI=1S/C16H13N3O/c1-10(2)16(20)19-13-9-11-5-3-7-17-14(11)15-12(13)6-4-8-18-15/h3-9H,1H2,2H3,(H,19,20). The third kappa shape index (κ3) is 2.01. The largest absolute Gasteiger partial charge is 0.322 e. The zero-order chi connectivity index (χ0) is 14.1. The molecule has 0 aliphatic heterocycles. The van der Waals surface area contributed by atoms with Crippen LogP contribution in [0.5, 0.6) is 0 Å². The van der Waals surface area contributed by atoms with Gasteiger partial charge in [0.2, 0.25) is 0 Å². The number of benzene rings is 1. The number of rotatable bonds is 2. The molecule has 0 radical (unpaired) electrons. The van der Waals surface area contributed by atoms with Gasteiger partial charge in [0.05, 0.1) is 16.7 Å². The maximum atomic E-state index is 11.8. The van der Waals surface area contributed by atoms with Crippen molar-refractivity contribution in [3.8, 4) is 0 Å². The molecular formula is C16H13N3O. The zero-order valence-electron chi connectivity index (χ0n) is 11.1. The predicted octanol–water partition coefficient (Wildman–Crippen LogP) is 3.30. The van der Waals surface area contributed by atoms with Gasteiger partial charge < -0.3 is 5.32 Å². The zero-order valence-corrected chi connectivity index (χ0v) is 11.1. The second kappa shape index (κ2) is 4.74. The molecule has 1 N–H and O–H groups in total. The Morgan fingerprint density at radius 2 is 1.85 bits per heavy atom. The summed E-state index contributed by atoms with van der Waals surface area (Å²) in [4.78, 5) is 20.6. The minimum atomic E-state index is -0.196. The molecule has 98 valence electrons. The van der Waals surface area contributed by atoms with E-state index in [9.17, 15) is 4.79 Å². The van der Waals surface area contributed by atoms with Crippen molar-refractivity contribution in [2.24, 2.45) is 0 Å². The van der Waals surface area contributed by atoms with Crippen LogP contribution in [0.1, 0.15) is 6.92 Å². The van der Waals surface area contributed by atoms with Crippen LogP contribution in [0.25, 0.3) is 21.8 Å². The van der Waals surface area contributed by atoms with Crippen molar-refractivity contribution >= 4 is 33.4 Å². The lowest BCUT2D eigenvalue weighted by Crippen LogP contribution is -2.12. The Labute approximate surface area is 116 Å². The van der Waals surface area contributed by atoms with E-state index in [2.05, 4.69) is 21.9 Å². The van der Waals surface area contributed by atoms with Crippen LogP contribution in [-0.2, 0) is 4.79 Å². The highest BCUT2D eigenvalue weighted by molar-refractivity contribution is 6.14. The average molecular weight is 263 g/mol. The number of anilines is 1. The molecule has 4 nitrogen and oxygen atoms in total. The number of fused-ring (bicyclic) bond motifs is 3. The Balaban J connectivity index is 2.29. The Kier molecular flexibility index (Phi) is 2.91. The lowest BCUT2D eigenvalue weighted by atomic mass is 10.1. The molecule has 3 aromatic rings. The third-order valence-electron chi connectivity index (χ3n) is 3.10. The van der Waals surface area contributed by atoms with Gasteiger partial charge in [-0.3, -0.25) is 14.8 Å². The number of amides is 1. The van der Waals surface area contributed by atoms with Gasteiger partial charge in [-0.15, -0.1) is 0 Å². The summed E-state index contributed by atoms with van der Waals surface area (Å²) in [5, 5.41) is 4.68. The minimum absolute atomic E-state index is 0.196. The van der Waals surface area contributed by atoms with Crippen LogP contribution in [-0.4, -0.2) is 15.9 Å². The van der Waals surface area contributed by atoms with Crippen molar-refractivity contribution in [1.82, 2.24) is 9.97 Å². The fourth-order valence-electron chi connectivity index (χ4n) is 2.11. The third-order valence-corrected chi connectivity index (χ3v) is 3.10. The summed E-state index contributed by atoms with van der Waals surface area (Å²) in [5.41, 5.74) is 2.80. The maximum Gasteiger partial charge on any atom is 0.250 e. The van der Waals surface area contributed by atoms with Gasteiger partial charge in [-0.25, -0.2) is 0 Å². The number of carbonyl (C=O) groups is 1. The highest BCUT2D eigenvalue weighted by Crippen LogP contribution is 2.29. The molecule has 1 amide bonds. The molecule has 0 saturated heterocycles. The minimum Gasteiger partial charge on any atom is -0.322 e. The first kappa shape index (κ1) is 12.3. The van der Waals surface area contributed by atoms with E-state index in [1.807, 2.05) is 30.3 Å². The molecule has 1 aromatic carbocycles. The molecule has 0 bridgehead atoms. The van der Waals surface area contributed by atoms with Gasteiger partial charge in [0, 0.05) is 28.7 Å². The van der Waals surface area contributed by atoms with Gasteiger partial charge in [-0.2, -0.15) is 0 Å². The highest BCUT2D eigenvalue weighted by Gasteiger charge is 2.10. The summed E-state index contributed by atoms with van der Waals surface area (Å²) in [5.74, 6) is -0.196. The Hall–Kier alpha value is -2.75. The van der Waals surface area contributed by atoms with Crippen LogP contribution in [0.15, 0.2) is 54.9 Å². The number of carbonyl (C=O) groups excluding carboxylic acids is 1. The van der Waals surface area contributed by atoms with Crippen LogP contribution in [0.2, 0.25) is 0 Å². The topological polar surface area (TPSA) is 54.9 Å². The molecule has 4 heteroatoms. The molecule has 3 rings (SSSR count). The Morgan fingerprint density at radius 3 is 2.60 bits per heavy atom. The summed E-state index contributed by atoms with van der Waals surface area (Å²) in [6, 6.07) is 9.49. The molecule has 0 aliphatic rings. The molecule has 2 aromatic heterocycles. The van der Waals surface area contributed by atoms with Crippen LogP contribution in [0.4, 0.5) is 5.69 Å². The van der Waals surface area contributed by atoms with Crippen molar-refractivity contribution in [1.29, 1.82) is 0 Å². The smallest absolute Gasteiger partial charge is 0.250 e. The molecule has 0 unspecified atom stereocenters. The van der Waals surface area contributed by atoms with Gasteiger partial charge in [0.1, 0.15) is 0 Å². The van der Waals surface area contributed by atoms with Crippen LogP contribution in [0, 0.1) is 0 Å². The molecule has 0 atom stereocenters. The first-order chi connectivity index (χ1) is 9.66. The van der Waals surface area contributed by atoms with E-state index in [1.165, 1.54) is 0 Å². The van der Waals surface area contributed by atoms with E-state index >= 15 is 0 Å². The second-order valence-electron chi connectivity index (χ2n) is 4.63. The number of hydrogen-bond donors (Lipinski definition) is 1. The number of nitrogens with one attached hydrogen (secondary N) is 1. The Morgan fingerprint density at radius 1 is 1.15 bits per heavy atom. The molecule has 2 heterocycles. The molecule has 0 aliphatic carbocycles. The van der Waals surface area contributed by atoms with Gasteiger partial charge in [0.25, 0.3) is 5.91 Å². The summed E-state index contributed by atoms with van der Waals surface area (Å²) >= 11 is 0. The van der Waals surface area contributed by atoms with Gasteiger partial charge in [0.15, 0.2) is 0 Å². The lowest BCUT2D eigenvalue weighted by molar-refractivity contribution is -0.112. The normalized spacial score (nSPS) is 10.7. The van der Waals surface area contributed by atoms with Crippen molar-refractivity contribution in [2.45, 2.75) is 6.92 Å². The number of hydrogen-bond acceptors (Lipinski definition) is 3. The summed E-state index contributed by atoms with van der Waals surface area (Å²) in [7, 11) is 0. The van der Waals surface area contributed by atoms with E-state index in [1.54, 1.807) is 19.3 Å². The molecule has 0 saturated carbocycles. The quantitative estimate of drug-likeness (QED) is 0.570. The predicted molar refractivity (Wildman–Crippen MR) is 80.5 cm³/mol.